The average molecular weight is 394 g/mol. The Balaban J connectivity index is 2.20. The quantitative estimate of drug-likeness (QED) is 0.709. The lowest BCUT2D eigenvalue weighted by atomic mass is 9.93. The third-order valence-electron chi connectivity index (χ3n) is 3.00. The fourth-order valence-corrected chi connectivity index (χ4v) is 4.07. The Hall–Kier alpha value is 0.230. The van der Waals surface area contributed by atoms with Crippen LogP contribution in [0.5, 0.6) is 0 Å². The van der Waals surface area contributed by atoms with Crippen molar-refractivity contribution in [2.75, 3.05) is 5.32 Å². The van der Waals surface area contributed by atoms with Crippen LogP contribution in [-0.4, -0.2) is 6.04 Å². The Morgan fingerprint density at radius 2 is 2.25 bits per heavy atom. The molecule has 1 heterocycles. The van der Waals surface area contributed by atoms with Gasteiger partial charge in [0, 0.05) is 14.1 Å². The van der Waals surface area contributed by atoms with Crippen LogP contribution in [0.3, 0.4) is 0 Å². The zero-order valence-corrected chi connectivity index (χ0v) is 13.4. The Bertz CT molecular complexity index is 390. The minimum absolute atomic E-state index is 0.642. The monoisotopic (exact) mass is 393 g/mol. The minimum Gasteiger partial charge on any atom is -0.381 e. The van der Waals surface area contributed by atoms with Crippen molar-refractivity contribution in [3.05, 3.63) is 25.7 Å². The van der Waals surface area contributed by atoms with Gasteiger partial charge < -0.3 is 5.32 Å². The highest BCUT2D eigenvalue weighted by Gasteiger charge is 2.20. The summed E-state index contributed by atoms with van der Waals surface area (Å²) < 4.78 is 2.52. The summed E-state index contributed by atoms with van der Waals surface area (Å²) in [7, 11) is 0. The van der Waals surface area contributed by atoms with Crippen molar-refractivity contribution in [1.82, 2.24) is 0 Å². The van der Waals surface area contributed by atoms with Crippen molar-refractivity contribution < 1.29 is 0 Å². The predicted octanol–water partition coefficient (Wildman–Crippen LogP) is 4.83. The van der Waals surface area contributed by atoms with Crippen LogP contribution >= 0.6 is 38.5 Å². The molecule has 0 aliphatic carbocycles. The van der Waals surface area contributed by atoms with Gasteiger partial charge in [-0.05, 0) is 81.4 Å². The first-order valence-corrected chi connectivity index (χ1v) is 7.68. The Kier molecular flexibility index (Phi) is 4.16. The lowest BCUT2D eigenvalue weighted by Gasteiger charge is -2.29. The van der Waals surface area contributed by atoms with E-state index in [9.17, 15) is 0 Å². The van der Waals surface area contributed by atoms with E-state index in [1.54, 1.807) is 0 Å². The second kappa shape index (κ2) is 5.25. The SMILES string of the molecule is CC(C)CC1CCc2cc(I)cc(Br)c2N1. The summed E-state index contributed by atoms with van der Waals surface area (Å²) >= 11 is 6.04. The summed E-state index contributed by atoms with van der Waals surface area (Å²) in [6, 6.07) is 5.12. The molecule has 0 spiro atoms. The molecule has 0 aromatic heterocycles. The Morgan fingerprint density at radius 1 is 1.50 bits per heavy atom. The summed E-state index contributed by atoms with van der Waals surface area (Å²) in [4.78, 5) is 0. The van der Waals surface area contributed by atoms with Crippen LogP contribution < -0.4 is 5.32 Å². The molecule has 0 bridgehead atoms. The largest absolute Gasteiger partial charge is 0.381 e. The molecule has 0 saturated heterocycles. The van der Waals surface area contributed by atoms with Gasteiger partial charge in [-0.3, -0.25) is 0 Å². The van der Waals surface area contributed by atoms with Crippen LogP contribution in [0.25, 0.3) is 0 Å². The van der Waals surface area contributed by atoms with E-state index in [4.69, 9.17) is 0 Å². The number of rotatable bonds is 2. The zero-order valence-electron chi connectivity index (χ0n) is 9.69. The van der Waals surface area contributed by atoms with E-state index in [0.717, 1.165) is 5.92 Å². The molecule has 1 N–H and O–H groups in total. The van der Waals surface area contributed by atoms with Gasteiger partial charge in [0.05, 0.1) is 5.69 Å². The first kappa shape index (κ1) is 12.7. The number of anilines is 1. The predicted molar refractivity (Wildman–Crippen MR) is 82.0 cm³/mol. The van der Waals surface area contributed by atoms with Gasteiger partial charge in [-0.15, -0.1) is 0 Å². The smallest absolute Gasteiger partial charge is 0.0520 e. The summed E-state index contributed by atoms with van der Waals surface area (Å²) in [5, 5.41) is 3.67. The van der Waals surface area contributed by atoms with Crippen LogP contribution in [0.15, 0.2) is 16.6 Å². The average Bonchev–Trinajstić information content (AvgIpc) is 2.18. The van der Waals surface area contributed by atoms with Gasteiger partial charge >= 0.3 is 0 Å². The van der Waals surface area contributed by atoms with E-state index in [1.807, 2.05) is 0 Å². The second-order valence-corrected chi connectivity index (χ2v) is 7.03. The molecule has 1 aromatic rings. The molecule has 1 aromatic carbocycles. The van der Waals surface area contributed by atoms with E-state index in [0.29, 0.717) is 6.04 Å². The van der Waals surface area contributed by atoms with E-state index in [-0.39, 0.29) is 0 Å². The fraction of sp³-hybridized carbons (Fsp3) is 0.538. The van der Waals surface area contributed by atoms with Crippen LogP contribution in [-0.2, 0) is 6.42 Å². The van der Waals surface area contributed by atoms with E-state index >= 15 is 0 Å². The van der Waals surface area contributed by atoms with Crippen molar-refractivity contribution in [3.8, 4) is 0 Å². The van der Waals surface area contributed by atoms with Gasteiger partial charge in [0.15, 0.2) is 0 Å². The van der Waals surface area contributed by atoms with Crippen LogP contribution in [0.1, 0.15) is 32.3 Å². The van der Waals surface area contributed by atoms with E-state index in [2.05, 4.69) is 69.8 Å². The van der Waals surface area contributed by atoms with Crippen LogP contribution in [0.2, 0.25) is 0 Å². The molecule has 1 aliphatic rings. The summed E-state index contributed by atoms with van der Waals surface area (Å²) in [5.74, 6) is 0.765. The number of hydrogen-bond donors (Lipinski definition) is 1. The molecule has 1 atom stereocenters. The number of nitrogens with one attached hydrogen (secondary N) is 1. The molecular weight excluding hydrogens is 377 g/mol. The second-order valence-electron chi connectivity index (χ2n) is 4.93. The van der Waals surface area contributed by atoms with Crippen molar-refractivity contribution in [1.29, 1.82) is 0 Å². The Morgan fingerprint density at radius 3 is 2.94 bits per heavy atom. The van der Waals surface area contributed by atoms with Gasteiger partial charge in [-0.2, -0.15) is 0 Å². The first-order valence-electron chi connectivity index (χ1n) is 5.80. The summed E-state index contributed by atoms with van der Waals surface area (Å²) in [5.41, 5.74) is 2.77. The Labute approximate surface area is 120 Å². The van der Waals surface area contributed by atoms with Gasteiger partial charge in [-0.1, -0.05) is 13.8 Å². The molecule has 0 amide bonds. The molecule has 0 fully saturated rings. The molecule has 1 nitrogen and oxygen atoms in total. The van der Waals surface area contributed by atoms with Gasteiger partial charge in [0.2, 0.25) is 0 Å². The van der Waals surface area contributed by atoms with Crippen molar-refractivity contribution >= 4 is 44.2 Å². The van der Waals surface area contributed by atoms with Gasteiger partial charge in [0.25, 0.3) is 0 Å². The first-order chi connectivity index (χ1) is 7.56. The molecule has 0 radical (unpaired) electrons. The number of halogens is 2. The number of hydrogen-bond acceptors (Lipinski definition) is 1. The molecule has 16 heavy (non-hydrogen) atoms. The molecule has 0 saturated carbocycles. The van der Waals surface area contributed by atoms with E-state index < -0.39 is 0 Å². The highest BCUT2D eigenvalue weighted by atomic mass is 127. The molecule has 1 aliphatic heterocycles. The standard InChI is InChI=1S/C13H17BrIN/c1-8(2)5-11-4-3-9-6-10(15)7-12(14)13(9)16-11/h6-8,11,16H,3-5H2,1-2H3. The molecule has 88 valence electrons. The zero-order chi connectivity index (χ0) is 11.7. The summed E-state index contributed by atoms with van der Waals surface area (Å²) in [6.45, 7) is 4.58. The van der Waals surface area contributed by atoms with Crippen LogP contribution in [0.4, 0.5) is 5.69 Å². The van der Waals surface area contributed by atoms with Crippen molar-refractivity contribution in [2.45, 2.75) is 39.2 Å². The maximum absolute atomic E-state index is 3.67. The maximum atomic E-state index is 3.67. The number of aryl methyl sites for hydroxylation is 1. The molecule has 3 heteroatoms. The highest BCUT2D eigenvalue weighted by molar-refractivity contribution is 14.1. The van der Waals surface area contributed by atoms with Crippen molar-refractivity contribution in [2.24, 2.45) is 5.92 Å². The fourth-order valence-electron chi connectivity index (χ4n) is 2.34. The lowest BCUT2D eigenvalue weighted by Crippen LogP contribution is -2.27. The normalized spacial score (nSPS) is 19.4. The third kappa shape index (κ3) is 2.92. The van der Waals surface area contributed by atoms with Crippen molar-refractivity contribution in [3.63, 3.8) is 0 Å². The van der Waals surface area contributed by atoms with Gasteiger partial charge in [0.1, 0.15) is 0 Å². The van der Waals surface area contributed by atoms with Gasteiger partial charge in [-0.25, -0.2) is 0 Å². The summed E-state index contributed by atoms with van der Waals surface area (Å²) in [6.07, 6.45) is 3.73. The minimum atomic E-state index is 0.642. The molecule has 2 rings (SSSR count). The highest BCUT2D eigenvalue weighted by Crippen LogP contribution is 2.35. The number of benzene rings is 1. The number of fused-ring (bicyclic) bond motifs is 1. The topological polar surface area (TPSA) is 12.0 Å². The lowest BCUT2D eigenvalue weighted by molar-refractivity contribution is 0.487. The van der Waals surface area contributed by atoms with E-state index in [1.165, 1.54) is 38.6 Å². The maximum Gasteiger partial charge on any atom is 0.0520 e. The van der Waals surface area contributed by atoms with Crippen LogP contribution in [0, 0.1) is 9.49 Å². The molecule has 1 unspecified atom stereocenters. The third-order valence-corrected chi connectivity index (χ3v) is 4.25. The molecular formula is C13H17BrIN.